The van der Waals surface area contributed by atoms with Crippen LogP contribution in [-0.2, 0) is 14.0 Å². The van der Waals surface area contributed by atoms with E-state index in [1.165, 1.54) is 0 Å². The standard InChI is InChI=1S/C11H11BF3O3/c1-11-4-16-12(17-5-11,18-6-11)7-2-8(13)10(15)9(14)3-7/h2-3H,4-6H2,1H3/q-1. The van der Waals surface area contributed by atoms with Gasteiger partial charge in [0.05, 0.1) is 0 Å². The Labute approximate surface area is 102 Å². The van der Waals surface area contributed by atoms with Crippen molar-refractivity contribution >= 4 is 12.2 Å². The van der Waals surface area contributed by atoms with Crippen molar-refractivity contribution in [1.29, 1.82) is 0 Å². The quantitative estimate of drug-likeness (QED) is 0.562. The maximum Gasteiger partial charge on any atom is 0.409 e. The van der Waals surface area contributed by atoms with Crippen LogP contribution in [0.4, 0.5) is 13.2 Å². The van der Waals surface area contributed by atoms with E-state index in [-0.39, 0.29) is 10.9 Å². The van der Waals surface area contributed by atoms with Gasteiger partial charge in [-0.3, -0.25) is 0 Å². The van der Waals surface area contributed by atoms with E-state index >= 15 is 0 Å². The van der Waals surface area contributed by atoms with Crippen LogP contribution >= 0.6 is 0 Å². The molecule has 98 valence electrons. The second kappa shape index (κ2) is 3.72. The molecule has 3 aliphatic rings. The van der Waals surface area contributed by atoms with Crippen LogP contribution in [0.3, 0.4) is 0 Å². The van der Waals surface area contributed by atoms with E-state index in [2.05, 4.69) is 0 Å². The van der Waals surface area contributed by atoms with E-state index in [1.54, 1.807) is 0 Å². The van der Waals surface area contributed by atoms with Crippen molar-refractivity contribution in [2.45, 2.75) is 6.92 Å². The molecule has 3 saturated heterocycles. The van der Waals surface area contributed by atoms with Crippen LogP contribution in [-0.4, -0.2) is 26.6 Å². The number of hydrogen-bond donors (Lipinski definition) is 0. The fourth-order valence-corrected chi connectivity index (χ4v) is 2.27. The van der Waals surface area contributed by atoms with Gasteiger partial charge in [0.15, 0.2) is 17.5 Å². The van der Waals surface area contributed by atoms with Crippen LogP contribution in [0.25, 0.3) is 0 Å². The Balaban J connectivity index is 2.00. The van der Waals surface area contributed by atoms with Gasteiger partial charge in [-0.1, -0.05) is 19.1 Å². The summed E-state index contributed by atoms with van der Waals surface area (Å²) in [6.07, 6.45) is 0. The van der Waals surface area contributed by atoms with Crippen molar-refractivity contribution in [3.05, 3.63) is 29.6 Å². The average Bonchev–Trinajstić information content (AvgIpc) is 2.37. The van der Waals surface area contributed by atoms with E-state index in [1.807, 2.05) is 6.92 Å². The Kier molecular flexibility index (Phi) is 2.49. The topological polar surface area (TPSA) is 27.7 Å². The van der Waals surface area contributed by atoms with E-state index in [0.29, 0.717) is 19.8 Å². The van der Waals surface area contributed by atoms with Gasteiger partial charge >= 0.3 is 6.75 Å². The number of halogens is 3. The molecular formula is C11H11BF3O3-. The second-order valence-electron chi connectivity index (χ2n) is 5.18. The monoisotopic (exact) mass is 259 g/mol. The summed E-state index contributed by atoms with van der Waals surface area (Å²) in [4.78, 5) is 0. The first kappa shape index (κ1) is 12.0. The normalized spacial score (nSPS) is 34.9. The van der Waals surface area contributed by atoms with Crippen molar-refractivity contribution in [2.75, 3.05) is 19.8 Å². The lowest BCUT2D eigenvalue weighted by atomic mass is 9.64. The Morgan fingerprint density at radius 1 is 1.00 bits per heavy atom. The lowest BCUT2D eigenvalue weighted by Gasteiger charge is -2.58. The number of hydrogen-bond acceptors (Lipinski definition) is 3. The first-order valence-electron chi connectivity index (χ1n) is 5.64. The molecule has 0 aliphatic carbocycles. The van der Waals surface area contributed by atoms with Crippen molar-refractivity contribution in [2.24, 2.45) is 5.41 Å². The molecule has 18 heavy (non-hydrogen) atoms. The summed E-state index contributed by atoms with van der Waals surface area (Å²) in [6, 6.07) is 1.71. The van der Waals surface area contributed by atoms with Crippen molar-refractivity contribution in [3.63, 3.8) is 0 Å². The van der Waals surface area contributed by atoms with Crippen LogP contribution in [0.1, 0.15) is 6.92 Å². The summed E-state index contributed by atoms with van der Waals surface area (Å²) in [7, 11) is 0. The third kappa shape index (κ3) is 1.65. The number of benzene rings is 1. The van der Waals surface area contributed by atoms with Crippen LogP contribution < -0.4 is 5.46 Å². The minimum absolute atomic E-state index is 0.0492. The maximum atomic E-state index is 13.2. The molecule has 0 atom stereocenters. The molecule has 0 N–H and O–H groups in total. The molecule has 3 fully saturated rings. The molecule has 3 heterocycles. The highest BCUT2D eigenvalue weighted by Crippen LogP contribution is 2.35. The Hall–Kier alpha value is -1.05. The molecular weight excluding hydrogens is 248 g/mol. The van der Waals surface area contributed by atoms with Gasteiger partial charge in [-0.25, -0.2) is 13.2 Å². The molecule has 1 aromatic carbocycles. The fraction of sp³-hybridized carbons (Fsp3) is 0.455. The second-order valence-corrected chi connectivity index (χ2v) is 5.18. The highest BCUT2D eigenvalue weighted by atomic mass is 19.2. The van der Waals surface area contributed by atoms with Crippen LogP contribution in [0.15, 0.2) is 12.1 Å². The Morgan fingerprint density at radius 2 is 1.44 bits per heavy atom. The molecule has 1 aromatic rings. The van der Waals surface area contributed by atoms with Gasteiger partial charge in [0.25, 0.3) is 0 Å². The fourth-order valence-electron chi connectivity index (χ4n) is 2.27. The maximum absolute atomic E-state index is 13.2. The van der Waals surface area contributed by atoms with Gasteiger partial charge in [-0.2, -0.15) is 0 Å². The molecule has 0 aromatic heterocycles. The van der Waals surface area contributed by atoms with Crippen molar-refractivity contribution in [1.82, 2.24) is 0 Å². The Bertz CT molecular complexity index is 461. The lowest BCUT2D eigenvalue weighted by molar-refractivity contribution is -0.119. The Morgan fingerprint density at radius 3 is 1.89 bits per heavy atom. The molecule has 7 heteroatoms. The summed E-state index contributed by atoms with van der Waals surface area (Å²) in [6.45, 7) is 0.726. The SMILES string of the molecule is CC12CO[B-](c3cc(F)c(F)c(F)c3)(OC1)OC2. The van der Waals surface area contributed by atoms with Crippen molar-refractivity contribution in [3.8, 4) is 0 Å². The van der Waals surface area contributed by atoms with Gasteiger partial charge in [0.2, 0.25) is 0 Å². The molecule has 0 amide bonds. The summed E-state index contributed by atoms with van der Waals surface area (Å²) < 4.78 is 55.7. The molecule has 0 spiro atoms. The summed E-state index contributed by atoms with van der Waals surface area (Å²) in [5.41, 5.74) is -0.186. The van der Waals surface area contributed by atoms with Crippen LogP contribution in [0.5, 0.6) is 0 Å². The largest absolute Gasteiger partial charge is 0.540 e. The van der Waals surface area contributed by atoms with E-state index < -0.39 is 24.2 Å². The van der Waals surface area contributed by atoms with E-state index in [4.69, 9.17) is 14.0 Å². The molecule has 2 bridgehead atoms. The molecule has 3 aliphatic heterocycles. The van der Waals surface area contributed by atoms with Gasteiger partial charge < -0.3 is 14.0 Å². The average molecular weight is 259 g/mol. The molecule has 4 rings (SSSR count). The highest BCUT2D eigenvalue weighted by molar-refractivity contribution is 6.75. The first-order valence-corrected chi connectivity index (χ1v) is 5.64. The third-order valence-corrected chi connectivity index (χ3v) is 3.37. The smallest absolute Gasteiger partial charge is 0.409 e. The van der Waals surface area contributed by atoms with Gasteiger partial charge in [-0.05, 0) is 0 Å². The zero-order valence-electron chi connectivity index (χ0n) is 9.71. The zero-order chi connectivity index (χ0) is 13.0. The van der Waals surface area contributed by atoms with Crippen LogP contribution in [0.2, 0.25) is 0 Å². The summed E-state index contributed by atoms with van der Waals surface area (Å²) in [5, 5.41) is 0. The number of fused-ring (bicyclic) bond motifs is 3. The number of rotatable bonds is 1. The molecule has 3 nitrogen and oxygen atoms in total. The first-order chi connectivity index (χ1) is 8.44. The highest BCUT2D eigenvalue weighted by Gasteiger charge is 2.47. The molecule has 0 unspecified atom stereocenters. The molecule has 0 radical (unpaired) electrons. The van der Waals surface area contributed by atoms with E-state index in [0.717, 1.165) is 12.1 Å². The van der Waals surface area contributed by atoms with Crippen LogP contribution in [0, 0.1) is 22.9 Å². The van der Waals surface area contributed by atoms with Crippen molar-refractivity contribution < 1.29 is 27.1 Å². The summed E-state index contributed by atoms with van der Waals surface area (Å²) in [5.74, 6) is -4.07. The summed E-state index contributed by atoms with van der Waals surface area (Å²) >= 11 is 0. The predicted octanol–water partition coefficient (Wildman–Crippen LogP) is 1.33. The predicted molar refractivity (Wildman–Crippen MR) is 57.7 cm³/mol. The minimum atomic E-state index is -2.35. The van der Waals surface area contributed by atoms with Gasteiger partial charge in [0.1, 0.15) is 0 Å². The molecule has 0 saturated carbocycles. The van der Waals surface area contributed by atoms with Gasteiger partial charge in [0, 0.05) is 25.2 Å². The minimum Gasteiger partial charge on any atom is -0.540 e. The van der Waals surface area contributed by atoms with E-state index in [9.17, 15) is 13.2 Å². The zero-order valence-corrected chi connectivity index (χ0v) is 9.71. The lowest BCUT2D eigenvalue weighted by Crippen LogP contribution is -2.69. The third-order valence-electron chi connectivity index (χ3n) is 3.37. The van der Waals surface area contributed by atoms with Gasteiger partial charge in [-0.15, -0.1) is 5.46 Å².